The number of anilines is 1. The lowest BCUT2D eigenvalue weighted by atomic mass is 10.1. The Balaban J connectivity index is 1.34. The van der Waals surface area contributed by atoms with E-state index in [1.165, 1.54) is 35.4 Å². The Kier molecular flexibility index (Phi) is 6.40. The topological polar surface area (TPSA) is 99.2 Å². The Morgan fingerprint density at radius 1 is 1.00 bits per heavy atom. The zero-order valence-corrected chi connectivity index (χ0v) is 19.0. The van der Waals surface area contributed by atoms with Crippen LogP contribution in [0.2, 0.25) is 0 Å². The zero-order valence-electron chi connectivity index (χ0n) is 19.0. The molecule has 5 rings (SSSR count). The lowest BCUT2D eigenvalue weighted by Gasteiger charge is -2.27. The van der Waals surface area contributed by atoms with Crippen LogP contribution < -0.4 is 15.2 Å². The molecule has 0 radical (unpaired) electrons. The van der Waals surface area contributed by atoms with Gasteiger partial charge >= 0.3 is 6.36 Å². The molecule has 0 saturated carbocycles. The third kappa shape index (κ3) is 5.53. The second-order valence-corrected chi connectivity index (χ2v) is 8.28. The Bertz CT molecular complexity index is 1400. The Morgan fingerprint density at radius 2 is 1.78 bits per heavy atom. The molecule has 1 fully saturated rings. The zero-order chi connectivity index (χ0) is 25.1. The predicted molar refractivity (Wildman–Crippen MR) is 123 cm³/mol. The summed E-state index contributed by atoms with van der Waals surface area (Å²) in [6.45, 7) is 2.15. The second kappa shape index (κ2) is 9.80. The molecule has 0 atom stereocenters. The molecule has 0 amide bonds. The second-order valence-electron chi connectivity index (χ2n) is 8.28. The summed E-state index contributed by atoms with van der Waals surface area (Å²) in [5.74, 6) is 0.745. The molecule has 4 heterocycles. The number of rotatable bonds is 6. The van der Waals surface area contributed by atoms with Crippen molar-refractivity contribution >= 4 is 5.82 Å². The van der Waals surface area contributed by atoms with E-state index in [9.17, 15) is 18.0 Å². The van der Waals surface area contributed by atoms with Crippen molar-refractivity contribution in [2.75, 3.05) is 18.0 Å². The molecule has 1 saturated heterocycles. The number of ether oxygens (including phenoxy) is 1. The molecule has 36 heavy (non-hydrogen) atoms. The largest absolute Gasteiger partial charge is 0.573 e. The fourth-order valence-corrected chi connectivity index (χ4v) is 3.95. The highest BCUT2D eigenvalue weighted by atomic mass is 19.4. The summed E-state index contributed by atoms with van der Waals surface area (Å²) in [6.07, 6.45) is 0.432. The third-order valence-electron chi connectivity index (χ3n) is 5.68. The molecule has 186 valence electrons. The van der Waals surface area contributed by atoms with Gasteiger partial charge in [-0.05, 0) is 67.3 Å². The van der Waals surface area contributed by atoms with Crippen molar-refractivity contribution in [1.29, 1.82) is 0 Å². The van der Waals surface area contributed by atoms with Crippen LogP contribution in [-0.4, -0.2) is 44.4 Å². The van der Waals surface area contributed by atoms with Crippen molar-refractivity contribution in [1.82, 2.24) is 24.9 Å². The van der Waals surface area contributed by atoms with Crippen LogP contribution in [0.1, 0.15) is 24.8 Å². The van der Waals surface area contributed by atoms with Gasteiger partial charge in [0.25, 0.3) is 11.4 Å². The number of hydrogen-bond acceptors (Lipinski definition) is 8. The average molecular weight is 498 g/mol. The van der Waals surface area contributed by atoms with Gasteiger partial charge in [-0.25, -0.2) is 9.67 Å². The molecule has 0 bridgehead atoms. The molecule has 3 aromatic heterocycles. The molecule has 1 aliphatic rings. The van der Waals surface area contributed by atoms with Crippen molar-refractivity contribution in [3.8, 4) is 28.7 Å². The van der Waals surface area contributed by atoms with E-state index in [4.69, 9.17) is 4.52 Å². The predicted octanol–water partition coefficient (Wildman–Crippen LogP) is 4.29. The summed E-state index contributed by atoms with van der Waals surface area (Å²) in [7, 11) is 0. The van der Waals surface area contributed by atoms with Crippen molar-refractivity contribution in [2.24, 2.45) is 0 Å². The van der Waals surface area contributed by atoms with Crippen molar-refractivity contribution in [3.63, 3.8) is 0 Å². The number of nitrogens with zero attached hydrogens (tertiary/aromatic N) is 6. The van der Waals surface area contributed by atoms with Gasteiger partial charge in [0.2, 0.25) is 5.82 Å². The minimum absolute atomic E-state index is 0.0677. The Morgan fingerprint density at radius 3 is 2.53 bits per heavy atom. The molecular formula is C24H21F3N6O3. The molecule has 0 unspecified atom stereocenters. The van der Waals surface area contributed by atoms with Gasteiger partial charge < -0.3 is 14.2 Å². The van der Waals surface area contributed by atoms with E-state index in [2.05, 4.69) is 29.9 Å². The normalized spacial score (nSPS) is 14.1. The van der Waals surface area contributed by atoms with Crippen LogP contribution in [0, 0.1) is 0 Å². The molecule has 9 nitrogen and oxygen atoms in total. The van der Waals surface area contributed by atoms with Crippen LogP contribution in [0.3, 0.4) is 0 Å². The first-order valence-electron chi connectivity index (χ1n) is 11.3. The van der Waals surface area contributed by atoms with Crippen LogP contribution in [0.4, 0.5) is 19.0 Å². The van der Waals surface area contributed by atoms with E-state index in [0.717, 1.165) is 49.4 Å². The lowest BCUT2D eigenvalue weighted by molar-refractivity contribution is -0.274. The van der Waals surface area contributed by atoms with Crippen LogP contribution in [0.25, 0.3) is 23.0 Å². The summed E-state index contributed by atoms with van der Waals surface area (Å²) in [4.78, 5) is 23.4. The monoisotopic (exact) mass is 498 g/mol. The molecule has 0 N–H and O–H groups in total. The number of alkyl halides is 3. The first kappa shape index (κ1) is 23.5. The number of benzene rings is 1. The fraction of sp³-hybridized carbons (Fsp3) is 0.292. The smallest absolute Gasteiger partial charge is 0.406 e. The van der Waals surface area contributed by atoms with Gasteiger partial charge in [0.05, 0.1) is 6.54 Å². The van der Waals surface area contributed by atoms with Crippen molar-refractivity contribution < 1.29 is 22.4 Å². The number of piperidine rings is 1. The number of halogens is 3. The quantitative estimate of drug-likeness (QED) is 0.388. The first-order valence-corrected chi connectivity index (χ1v) is 11.3. The van der Waals surface area contributed by atoms with Gasteiger partial charge in [-0.15, -0.1) is 13.2 Å². The third-order valence-corrected chi connectivity index (χ3v) is 5.68. The van der Waals surface area contributed by atoms with Crippen molar-refractivity contribution in [3.05, 3.63) is 70.6 Å². The minimum atomic E-state index is -4.78. The summed E-state index contributed by atoms with van der Waals surface area (Å²) in [6, 6.07) is 11.7. The van der Waals surface area contributed by atoms with Gasteiger partial charge in [-0.1, -0.05) is 5.16 Å². The van der Waals surface area contributed by atoms with Crippen LogP contribution in [-0.2, 0) is 6.54 Å². The Hall–Kier alpha value is -4.22. The van der Waals surface area contributed by atoms with Crippen molar-refractivity contribution in [2.45, 2.75) is 32.2 Å². The first-order chi connectivity index (χ1) is 17.3. The van der Waals surface area contributed by atoms with Crippen LogP contribution in [0.5, 0.6) is 5.75 Å². The highest BCUT2D eigenvalue weighted by molar-refractivity contribution is 5.58. The van der Waals surface area contributed by atoms with E-state index < -0.39 is 6.36 Å². The maximum absolute atomic E-state index is 12.5. The van der Waals surface area contributed by atoms with Gasteiger partial charge in [-0.3, -0.25) is 4.79 Å². The molecule has 0 spiro atoms. The Labute approximate surface area is 203 Å². The molecule has 0 aliphatic carbocycles. The molecular weight excluding hydrogens is 477 g/mol. The number of hydrogen-bond donors (Lipinski definition) is 0. The maximum Gasteiger partial charge on any atom is 0.573 e. The highest BCUT2D eigenvalue weighted by Crippen LogP contribution is 2.26. The van der Waals surface area contributed by atoms with Gasteiger partial charge in [-0.2, -0.15) is 10.1 Å². The SMILES string of the molecule is O=c1ccc(-c2nc(-c3ccc(OC(F)(F)F)cc3)no2)nn1Cc1ccnc(N2CCCCC2)c1. The van der Waals surface area contributed by atoms with E-state index in [-0.39, 0.29) is 35.3 Å². The number of pyridine rings is 1. The maximum atomic E-state index is 12.5. The molecule has 4 aromatic rings. The van der Waals surface area contributed by atoms with E-state index in [0.29, 0.717) is 5.56 Å². The standard InChI is InChI=1S/C24H21F3N6O3/c25-24(26,27)35-18-6-4-17(5-7-18)22-29-23(36-31-22)19-8-9-21(34)33(30-19)15-16-10-11-28-20(14-16)32-12-2-1-3-13-32/h4-11,14H,1-3,12-13,15H2. The highest BCUT2D eigenvalue weighted by Gasteiger charge is 2.31. The van der Waals surface area contributed by atoms with Crippen LogP contribution >= 0.6 is 0 Å². The van der Waals surface area contributed by atoms with E-state index >= 15 is 0 Å². The van der Waals surface area contributed by atoms with Gasteiger partial charge in [0.15, 0.2) is 0 Å². The summed E-state index contributed by atoms with van der Waals surface area (Å²) in [5, 5.41) is 8.25. The molecule has 12 heteroatoms. The lowest BCUT2D eigenvalue weighted by Crippen LogP contribution is -2.30. The molecule has 1 aromatic carbocycles. The van der Waals surface area contributed by atoms with Gasteiger partial charge in [0, 0.05) is 30.9 Å². The van der Waals surface area contributed by atoms with E-state index in [1.807, 2.05) is 12.1 Å². The summed E-state index contributed by atoms with van der Waals surface area (Å²) in [5.41, 5.74) is 1.30. The van der Waals surface area contributed by atoms with Crippen LogP contribution in [0.15, 0.2) is 64.0 Å². The summed E-state index contributed by atoms with van der Waals surface area (Å²) < 4.78 is 47.5. The minimum Gasteiger partial charge on any atom is -0.406 e. The molecule has 1 aliphatic heterocycles. The average Bonchev–Trinajstić information content (AvgIpc) is 3.36. The number of aromatic nitrogens is 5. The van der Waals surface area contributed by atoms with Gasteiger partial charge in [0.1, 0.15) is 17.3 Å². The fourth-order valence-electron chi connectivity index (χ4n) is 3.95. The van der Waals surface area contributed by atoms with E-state index in [1.54, 1.807) is 6.20 Å². The summed E-state index contributed by atoms with van der Waals surface area (Å²) >= 11 is 0.